The van der Waals surface area contributed by atoms with Gasteiger partial charge >= 0.3 is 5.97 Å². The van der Waals surface area contributed by atoms with Crippen molar-refractivity contribution in [2.75, 3.05) is 26.7 Å². The van der Waals surface area contributed by atoms with Gasteiger partial charge in [-0.05, 0) is 55.4 Å². The van der Waals surface area contributed by atoms with E-state index in [-0.39, 0.29) is 30.7 Å². The highest BCUT2D eigenvalue weighted by molar-refractivity contribution is 5.90. The number of hydrogen-bond donors (Lipinski definition) is 1. The molecule has 4 rings (SSSR count). The molecule has 2 heterocycles. The summed E-state index contributed by atoms with van der Waals surface area (Å²) in [5.41, 5.74) is 4.33. The number of aliphatic carboxylic acids is 1. The van der Waals surface area contributed by atoms with Gasteiger partial charge in [0, 0.05) is 31.1 Å². The minimum atomic E-state index is -0.803. The predicted molar refractivity (Wildman–Crippen MR) is 107 cm³/mol. The fourth-order valence-electron chi connectivity index (χ4n) is 4.35. The normalized spacial score (nSPS) is 16.8. The number of amides is 2. The Morgan fingerprint density at radius 1 is 1.17 bits per heavy atom. The second kappa shape index (κ2) is 7.89. The number of likely N-dealkylation sites (N-methyl/N-ethyl adjacent to an activating group) is 1. The molecule has 2 aliphatic rings. The number of nitrogens with zero attached hydrogens (tertiary/aromatic N) is 2. The van der Waals surface area contributed by atoms with E-state index in [9.17, 15) is 14.4 Å². The largest absolute Gasteiger partial charge is 0.481 e. The molecule has 0 saturated carbocycles. The quantitative estimate of drug-likeness (QED) is 0.834. The highest BCUT2D eigenvalue weighted by atomic mass is 16.4. The molecule has 1 aromatic carbocycles. The van der Waals surface area contributed by atoms with Crippen LogP contribution in [0.1, 0.15) is 36.0 Å². The standard InChI is InChI=1S/C22H26N2O5/c1-23(12-21(26)24-7-5-14(6-8-24)22(27)28)20(25)11-17-13-29-19-10-16-4-2-3-15(16)9-18(17)19/h9-10,13-14H,2-8,11-12H2,1H3,(H,27,28). The fourth-order valence-corrected chi connectivity index (χ4v) is 4.35. The average molecular weight is 398 g/mol. The third kappa shape index (κ3) is 3.99. The highest BCUT2D eigenvalue weighted by Gasteiger charge is 2.28. The lowest BCUT2D eigenvalue weighted by molar-refractivity contribution is -0.146. The smallest absolute Gasteiger partial charge is 0.306 e. The molecule has 7 nitrogen and oxygen atoms in total. The van der Waals surface area contributed by atoms with Crippen LogP contribution in [0, 0.1) is 5.92 Å². The van der Waals surface area contributed by atoms with Crippen LogP contribution in [0.2, 0.25) is 0 Å². The number of rotatable bonds is 5. The summed E-state index contributed by atoms with van der Waals surface area (Å²) in [4.78, 5) is 39.3. The minimum Gasteiger partial charge on any atom is -0.481 e. The monoisotopic (exact) mass is 398 g/mol. The highest BCUT2D eigenvalue weighted by Crippen LogP contribution is 2.30. The van der Waals surface area contributed by atoms with E-state index < -0.39 is 5.97 Å². The molecule has 1 aromatic heterocycles. The molecule has 2 amide bonds. The second-order valence-corrected chi connectivity index (χ2v) is 8.15. The first kappa shape index (κ1) is 19.5. The zero-order valence-corrected chi connectivity index (χ0v) is 16.6. The maximum absolute atomic E-state index is 12.7. The zero-order valence-electron chi connectivity index (χ0n) is 16.6. The first-order chi connectivity index (χ1) is 13.9. The number of likely N-dealkylation sites (tertiary alicyclic amines) is 1. The second-order valence-electron chi connectivity index (χ2n) is 8.15. The van der Waals surface area contributed by atoms with Gasteiger partial charge in [-0.2, -0.15) is 0 Å². The van der Waals surface area contributed by atoms with Crippen molar-refractivity contribution < 1.29 is 23.9 Å². The number of fused-ring (bicyclic) bond motifs is 2. The van der Waals surface area contributed by atoms with E-state index >= 15 is 0 Å². The van der Waals surface area contributed by atoms with Gasteiger partial charge in [0.05, 0.1) is 25.1 Å². The maximum Gasteiger partial charge on any atom is 0.306 e. The molecular weight excluding hydrogens is 372 g/mol. The van der Waals surface area contributed by atoms with Crippen molar-refractivity contribution in [3.8, 4) is 0 Å². The lowest BCUT2D eigenvalue weighted by atomic mass is 9.97. The summed E-state index contributed by atoms with van der Waals surface area (Å²) in [5, 5.41) is 10.0. The van der Waals surface area contributed by atoms with E-state index in [1.807, 2.05) is 0 Å². The van der Waals surface area contributed by atoms with Crippen molar-refractivity contribution in [3.63, 3.8) is 0 Å². The maximum atomic E-state index is 12.7. The Morgan fingerprint density at radius 3 is 2.55 bits per heavy atom. The van der Waals surface area contributed by atoms with Crippen molar-refractivity contribution >= 4 is 28.8 Å². The van der Waals surface area contributed by atoms with Crippen LogP contribution in [0.25, 0.3) is 11.0 Å². The number of carboxylic acids is 1. The molecule has 1 fully saturated rings. The summed E-state index contributed by atoms with van der Waals surface area (Å²) < 4.78 is 5.67. The SMILES string of the molecule is CN(CC(=O)N1CCC(C(=O)O)CC1)C(=O)Cc1coc2cc3c(cc12)CCC3. The van der Waals surface area contributed by atoms with Crippen molar-refractivity contribution in [3.05, 3.63) is 35.1 Å². The van der Waals surface area contributed by atoms with Gasteiger partial charge in [-0.3, -0.25) is 14.4 Å². The predicted octanol–water partition coefficient (Wildman–Crippen LogP) is 2.25. The van der Waals surface area contributed by atoms with E-state index in [0.29, 0.717) is 25.9 Å². The molecule has 0 spiro atoms. The van der Waals surface area contributed by atoms with E-state index in [1.165, 1.54) is 16.0 Å². The van der Waals surface area contributed by atoms with Crippen LogP contribution in [0.5, 0.6) is 0 Å². The number of carbonyl (C=O) groups is 3. The number of carbonyl (C=O) groups excluding carboxylic acids is 2. The Kier molecular flexibility index (Phi) is 5.30. The summed E-state index contributed by atoms with van der Waals surface area (Å²) in [6, 6.07) is 4.22. The topological polar surface area (TPSA) is 91.1 Å². The number of carboxylic acid groups (broad SMARTS) is 1. The molecule has 0 unspecified atom stereocenters. The lowest BCUT2D eigenvalue weighted by Gasteiger charge is -2.31. The van der Waals surface area contributed by atoms with Gasteiger partial charge in [0.15, 0.2) is 0 Å². The number of piperidine rings is 1. The van der Waals surface area contributed by atoms with Gasteiger partial charge in [-0.15, -0.1) is 0 Å². The van der Waals surface area contributed by atoms with Crippen molar-refractivity contribution in [2.45, 2.75) is 38.5 Å². The van der Waals surface area contributed by atoms with Crippen LogP contribution in [0.15, 0.2) is 22.8 Å². The minimum absolute atomic E-state index is 0.00174. The van der Waals surface area contributed by atoms with Crippen LogP contribution in [-0.2, 0) is 33.6 Å². The zero-order chi connectivity index (χ0) is 20.5. The molecule has 1 saturated heterocycles. The Morgan fingerprint density at radius 2 is 1.86 bits per heavy atom. The van der Waals surface area contributed by atoms with Gasteiger partial charge in [0.1, 0.15) is 5.58 Å². The van der Waals surface area contributed by atoms with Gasteiger partial charge < -0.3 is 19.3 Å². The molecule has 0 atom stereocenters. The van der Waals surface area contributed by atoms with E-state index in [4.69, 9.17) is 9.52 Å². The summed E-state index contributed by atoms with van der Waals surface area (Å²) in [6.45, 7) is 0.854. The summed E-state index contributed by atoms with van der Waals surface area (Å²) in [5.74, 6) is -1.46. The fraction of sp³-hybridized carbons (Fsp3) is 0.500. The Hall–Kier alpha value is -2.83. The molecular formula is C22H26N2O5. The molecule has 2 aromatic rings. The number of benzene rings is 1. The van der Waals surface area contributed by atoms with Crippen molar-refractivity contribution in [1.29, 1.82) is 0 Å². The molecule has 0 radical (unpaired) electrons. The van der Waals surface area contributed by atoms with E-state index in [0.717, 1.165) is 35.8 Å². The van der Waals surface area contributed by atoms with Crippen LogP contribution in [-0.4, -0.2) is 59.4 Å². The van der Waals surface area contributed by atoms with Gasteiger partial charge in [-0.25, -0.2) is 0 Å². The third-order valence-electron chi connectivity index (χ3n) is 6.20. The van der Waals surface area contributed by atoms with Gasteiger partial charge in [0.25, 0.3) is 0 Å². The lowest BCUT2D eigenvalue weighted by Crippen LogP contribution is -2.45. The Bertz CT molecular complexity index is 956. The first-order valence-electron chi connectivity index (χ1n) is 10.2. The van der Waals surface area contributed by atoms with Crippen LogP contribution < -0.4 is 0 Å². The summed E-state index contributed by atoms with van der Waals surface area (Å²) >= 11 is 0. The molecule has 0 bridgehead atoms. The van der Waals surface area contributed by atoms with E-state index in [1.54, 1.807) is 18.2 Å². The molecule has 29 heavy (non-hydrogen) atoms. The molecule has 7 heteroatoms. The van der Waals surface area contributed by atoms with Crippen LogP contribution in [0.3, 0.4) is 0 Å². The number of furan rings is 1. The summed E-state index contributed by atoms with van der Waals surface area (Å²) in [6.07, 6.45) is 6.06. The van der Waals surface area contributed by atoms with Crippen molar-refractivity contribution in [2.24, 2.45) is 5.92 Å². The first-order valence-corrected chi connectivity index (χ1v) is 10.2. The molecule has 1 N–H and O–H groups in total. The Labute approximate surface area is 169 Å². The molecule has 1 aliphatic carbocycles. The Balaban J connectivity index is 1.36. The molecule has 154 valence electrons. The van der Waals surface area contributed by atoms with Gasteiger partial charge in [0.2, 0.25) is 11.8 Å². The van der Waals surface area contributed by atoms with E-state index in [2.05, 4.69) is 12.1 Å². The summed E-state index contributed by atoms with van der Waals surface area (Å²) in [7, 11) is 1.63. The number of aryl methyl sites for hydroxylation is 2. The third-order valence-corrected chi connectivity index (χ3v) is 6.20. The molecule has 1 aliphatic heterocycles. The van der Waals surface area contributed by atoms with Crippen LogP contribution in [0.4, 0.5) is 0 Å². The van der Waals surface area contributed by atoms with Gasteiger partial charge in [-0.1, -0.05) is 0 Å². The average Bonchev–Trinajstić information content (AvgIpc) is 3.32. The van der Waals surface area contributed by atoms with Crippen LogP contribution >= 0.6 is 0 Å². The van der Waals surface area contributed by atoms with Crippen molar-refractivity contribution in [1.82, 2.24) is 9.80 Å². The number of hydrogen-bond acceptors (Lipinski definition) is 4.